The Labute approximate surface area is 102 Å². The SMILES string of the molecule is CC1CC(NS(=O)(=O)c2ccccc2)CCO1. The van der Waals surface area contributed by atoms with Crippen molar-refractivity contribution >= 4 is 10.0 Å². The zero-order valence-corrected chi connectivity index (χ0v) is 10.6. The van der Waals surface area contributed by atoms with E-state index in [1.54, 1.807) is 30.3 Å². The molecule has 2 rings (SSSR count). The Bertz CT molecular complexity index is 458. The van der Waals surface area contributed by atoms with Gasteiger partial charge >= 0.3 is 0 Å². The Morgan fingerprint density at radius 1 is 1.29 bits per heavy atom. The normalized spacial score (nSPS) is 25.7. The van der Waals surface area contributed by atoms with E-state index < -0.39 is 10.0 Å². The number of nitrogens with one attached hydrogen (secondary N) is 1. The van der Waals surface area contributed by atoms with Crippen molar-refractivity contribution in [3.63, 3.8) is 0 Å². The molecule has 2 unspecified atom stereocenters. The van der Waals surface area contributed by atoms with Gasteiger partial charge in [0.05, 0.1) is 11.0 Å². The van der Waals surface area contributed by atoms with Gasteiger partial charge in [0, 0.05) is 12.6 Å². The van der Waals surface area contributed by atoms with Crippen molar-refractivity contribution in [1.82, 2.24) is 4.72 Å². The summed E-state index contributed by atoms with van der Waals surface area (Å²) in [4.78, 5) is 0.319. The molecule has 1 aliphatic heterocycles. The summed E-state index contributed by atoms with van der Waals surface area (Å²) in [6, 6.07) is 8.43. The third-order valence-corrected chi connectivity index (χ3v) is 4.40. The first-order chi connectivity index (χ1) is 8.08. The molecule has 1 saturated heterocycles. The number of hydrogen-bond acceptors (Lipinski definition) is 3. The molecule has 94 valence electrons. The third-order valence-electron chi connectivity index (χ3n) is 2.86. The van der Waals surface area contributed by atoms with Crippen LogP contribution in [0.2, 0.25) is 0 Å². The summed E-state index contributed by atoms with van der Waals surface area (Å²) < 4.78 is 32.2. The zero-order valence-electron chi connectivity index (χ0n) is 9.80. The summed E-state index contributed by atoms with van der Waals surface area (Å²) >= 11 is 0. The number of benzene rings is 1. The van der Waals surface area contributed by atoms with Crippen LogP contribution in [0, 0.1) is 0 Å². The molecule has 0 amide bonds. The van der Waals surface area contributed by atoms with Crippen LogP contribution in [0.25, 0.3) is 0 Å². The maximum absolute atomic E-state index is 12.1. The second-order valence-corrected chi connectivity index (χ2v) is 6.05. The van der Waals surface area contributed by atoms with Crippen LogP contribution in [0.4, 0.5) is 0 Å². The molecule has 0 bridgehead atoms. The molecule has 0 saturated carbocycles. The van der Waals surface area contributed by atoms with Crippen LogP contribution < -0.4 is 4.72 Å². The molecule has 5 heteroatoms. The van der Waals surface area contributed by atoms with Crippen molar-refractivity contribution in [1.29, 1.82) is 0 Å². The predicted molar refractivity (Wildman–Crippen MR) is 65.2 cm³/mol. The Hall–Kier alpha value is -0.910. The number of ether oxygens (including phenoxy) is 1. The Morgan fingerprint density at radius 3 is 2.65 bits per heavy atom. The van der Waals surface area contributed by atoms with Crippen molar-refractivity contribution in [3.05, 3.63) is 30.3 Å². The highest BCUT2D eigenvalue weighted by atomic mass is 32.2. The third kappa shape index (κ3) is 3.28. The highest BCUT2D eigenvalue weighted by Gasteiger charge is 2.24. The predicted octanol–water partition coefficient (Wildman–Crippen LogP) is 1.53. The van der Waals surface area contributed by atoms with E-state index in [1.165, 1.54) is 0 Å². The minimum absolute atomic E-state index is 0.0241. The minimum atomic E-state index is -3.39. The summed E-state index contributed by atoms with van der Waals surface area (Å²) in [5.41, 5.74) is 0. The number of sulfonamides is 1. The van der Waals surface area contributed by atoms with Crippen LogP contribution in [-0.2, 0) is 14.8 Å². The highest BCUT2D eigenvalue weighted by Crippen LogP contribution is 2.16. The van der Waals surface area contributed by atoms with Gasteiger partial charge in [-0.15, -0.1) is 0 Å². The fourth-order valence-electron chi connectivity index (χ4n) is 1.99. The smallest absolute Gasteiger partial charge is 0.240 e. The van der Waals surface area contributed by atoms with Gasteiger partial charge in [-0.25, -0.2) is 13.1 Å². The monoisotopic (exact) mass is 255 g/mol. The fraction of sp³-hybridized carbons (Fsp3) is 0.500. The Balaban J connectivity index is 2.07. The molecule has 1 N–H and O–H groups in total. The van der Waals surface area contributed by atoms with E-state index >= 15 is 0 Å². The zero-order chi connectivity index (χ0) is 12.3. The Morgan fingerprint density at radius 2 is 2.00 bits per heavy atom. The summed E-state index contributed by atoms with van der Waals surface area (Å²) in [5, 5.41) is 0. The van der Waals surface area contributed by atoms with Crippen LogP contribution in [0.15, 0.2) is 35.2 Å². The number of rotatable bonds is 3. The van der Waals surface area contributed by atoms with Crippen LogP contribution in [0.1, 0.15) is 19.8 Å². The lowest BCUT2D eigenvalue weighted by Gasteiger charge is -2.27. The van der Waals surface area contributed by atoms with Crippen molar-refractivity contribution < 1.29 is 13.2 Å². The first-order valence-electron chi connectivity index (χ1n) is 5.77. The lowest BCUT2D eigenvalue weighted by atomic mass is 10.1. The molecule has 4 nitrogen and oxygen atoms in total. The van der Waals surface area contributed by atoms with Gasteiger partial charge in [-0.1, -0.05) is 18.2 Å². The van der Waals surface area contributed by atoms with E-state index in [0.29, 0.717) is 11.5 Å². The quantitative estimate of drug-likeness (QED) is 0.891. The molecular weight excluding hydrogens is 238 g/mol. The molecule has 2 atom stereocenters. The maximum Gasteiger partial charge on any atom is 0.240 e. The van der Waals surface area contributed by atoms with E-state index in [0.717, 1.165) is 12.8 Å². The molecule has 1 fully saturated rings. The lowest BCUT2D eigenvalue weighted by Crippen LogP contribution is -2.41. The standard InChI is InChI=1S/C12H17NO3S/c1-10-9-11(7-8-16-10)13-17(14,15)12-5-3-2-4-6-12/h2-6,10-11,13H,7-9H2,1H3. The average molecular weight is 255 g/mol. The fourth-order valence-corrected chi connectivity index (χ4v) is 3.30. The van der Waals surface area contributed by atoms with Crippen molar-refractivity contribution in [2.45, 2.75) is 36.8 Å². The first-order valence-corrected chi connectivity index (χ1v) is 7.25. The van der Waals surface area contributed by atoms with Gasteiger partial charge in [0.2, 0.25) is 10.0 Å². The lowest BCUT2D eigenvalue weighted by molar-refractivity contribution is 0.0173. The van der Waals surface area contributed by atoms with E-state index in [-0.39, 0.29) is 12.1 Å². The van der Waals surface area contributed by atoms with Crippen molar-refractivity contribution in [2.75, 3.05) is 6.61 Å². The van der Waals surface area contributed by atoms with Gasteiger partial charge in [0.25, 0.3) is 0 Å². The van der Waals surface area contributed by atoms with Crippen LogP contribution in [0.3, 0.4) is 0 Å². The van der Waals surface area contributed by atoms with Gasteiger partial charge < -0.3 is 4.74 Å². The summed E-state index contributed by atoms with van der Waals surface area (Å²) in [5.74, 6) is 0. The number of hydrogen-bond donors (Lipinski definition) is 1. The molecular formula is C12H17NO3S. The van der Waals surface area contributed by atoms with Crippen LogP contribution >= 0.6 is 0 Å². The molecule has 0 spiro atoms. The largest absolute Gasteiger partial charge is 0.378 e. The first kappa shape index (κ1) is 12.5. The van der Waals surface area contributed by atoms with Gasteiger partial charge in [-0.2, -0.15) is 0 Å². The van der Waals surface area contributed by atoms with Gasteiger partial charge in [-0.3, -0.25) is 0 Å². The highest BCUT2D eigenvalue weighted by molar-refractivity contribution is 7.89. The Kier molecular flexibility index (Phi) is 3.81. The van der Waals surface area contributed by atoms with Crippen molar-refractivity contribution in [2.24, 2.45) is 0 Å². The summed E-state index contributed by atoms with van der Waals surface area (Å²) in [6.07, 6.45) is 1.58. The second-order valence-electron chi connectivity index (χ2n) is 4.34. The molecule has 1 aromatic rings. The average Bonchev–Trinajstić information content (AvgIpc) is 2.29. The molecule has 0 radical (unpaired) electrons. The summed E-state index contributed by atoms with van der Waals surface area (Å²) in [6.45, 7) is 2.58. The topological polar surface area (TPSA) is 55.4 Å². The van der Waals surface area contributed by atoms with Gasteiger partial charge in [0.15, 0.2) is 0 Å². The van der Waals surface area contributed by atoms with Gasteiger partial charge in [-0.05, 0) is 31.9 Å². The maximum atomic E-state index is 12.1. The van der Waals surface area contributed by atoms with Gasteiger partial charge in [0.1, 0.15) is 0 Å². The molecule has 1 aromatic carbocycles. The summed E-state index contributed by atoms with van der Waals surface area (Å²) in [7, 11) is -3.39. The van der Waals surface area contributed by atoms with E-state index in [2.05, 4.69) is 4.72 Å². The van der Waals surface area contributed by atoms with Crippen molar-refractivity contribution in [3.8, 4) is 0 Å². The molecule has 0 aliphatic carbocycles. The van der Waals surface area contributed by atoms with Crippen LogP contribution in [-0.4, -0.2) is 27.2 Å². The van der Waals surface area contributed by atoms with E-state index in [9.17, 15) is 8.42 Å². The molecule has 0 aromatic heterocycles. The van der Waals surface area contributed by atoms with E-state index in [1.807, 2.05) is 6.92 Å². The minimum Gasteiger partial charge on any atom is -0.378 e. The molecule has 1 heterocycles. The van der Waals surface area contributed by atoms with Crippen LogP contribution in [0.5, 0.6) is 0 Å². The molecule has 1 aliphatic rings. The molecule has 17 heavy (non-hydrogen) atoms. The second kappa shape index (κ2) is 5.16. The van der Waals surface area contributed by atoms with E-state index in [4.69, 9.17) is 4.74 Å².